The van der Waals surface area contributed by atoms with E-state index >= 15 is 0 Å². The van der Waals surface area contributed by atoms with E-state index in [0.717, 1.165) is 0 Å². The van der Waals surface area contributed by atoms with E-state index in [2.05, 4.69) is 4.74 Å². The normalized spacial score (nSPS) is 8.64. The summed E-state index contributed by atoms with van der Waals surface area (Å²) in [6.45, 7) is 0. The van der Waals surface area contributed by atoms with Gasteiger partial charge in [-0.3, -0.25) is 0 Å². The maximum atomic E-state index is 11.0. The number of carbonyl (C=O) groups excluding carboxylic acids is 2. The second-order valence-corrected chi connectivity index (χ2v) is 2.36. The van der Waals surface area contributed by atoms with E-state index in [1.165, 1.54) is 31.4 Å². The number of carboxylic acid groups (broad SMARTS) is 1. The number of aromatic carboxylic acids is 1. The predicted octanol–water partition coefficient (Wildman–Crippen LogP) is -3.16. The third-order valence-electron chi connectivity index (χ3n) is 1.52. The minimum absolute atomic E-state index is 0. The first-order chi connectivity index (χ1) is 6.15. The first-order valence-electron chi connectivity index (χ1n) is 3.55. The molecule has 0 N–H and O–H groups in total. The predicted molar refractivity (Wildman–Crippen MR) is 42.1 cm³/mol. The van der Waals surface area contributed by atoms with Crippen molar-refractivity contribution in [2.24, 2.45) is 0 Å². The van der Waals surface area contributed by atoms with Gasteiger partial charge in [0.25, 0.3) is 0 Å². The molecular formula is C9H7KO4. The minimum Gasteiger partial charge on any atom is -0.545 e. The van der Waals surface area contributed by atoms with Gasteiger partial charge in [-0.15, -0.1) is 0 Å². The number of hydrogen-bond acceptors (Lipinski definition) is 4. The van der Waals surface area contributed by atoms with Gasteiger partial charge in [-0.25, -0.2) is 4.79 Å². The summed E-state index contributed by atoms with van der Waals surface area (Å²) >= 11 is 0. The molecule has 0 atom stereocenters. The van der Waals surface area contributed by atoms with Crippen molar-refractivity contribution in [3.63, 3.8) is 0 Å². The van der Waals surface area contributed by atoms with E-state index in [-0.39, 0.29) is 62.5 Å². The fourth-order valence-electron chi connectivity index (χ4n) is 0.891. The van der Waals surface area contributed by atoms with Crippen LogP contribution in [0.3, 0.4) is 0 Å². The maximum absolute atomic E-state index is 11.0. The molecule has 14 heavy (non-hydrogen) atoms. The fraction of sp³-hybridized carbons (Fsp3) is 0.111. The Morgan fingerprint density at radius 3 is 2.36 bits per heavy atom. The quantitative estimate of drug-likeness (QED) is 0.388. The van der Waals surface area contributed by atoms with Gasteiger partial charge >= 0.3 is 57.4 Å². The number of esters is 1. The average molecular weight is 218 g/mol. The van der Waals surface area contributed by atoms with Gasteiger partial charge in [0.2, 0.25) is 0 Å². The van der Waals surface area contributed by atoms with Crippen LogP contribution >= 0.6 is 0 Å². The van der Waals surface area contributed by atoms with E-state index in [4.69, 9.17) is 0 Å². The topological polar surface area (TPSA) is 66.4 Å². The summed E-state index contributed by atoms with van der Waals surface area (Å²) in [5.74, 6) is -1.88. The Morgan fingerprint density at radius 1 is 1.29 bits per heavy atom. The molecule has 0 unspecified atom stereocenters. The molecule has 0 spiro atoms. The van der Waals surface area contributed by atoms with E-state index in [1.807, 2.05) is 0 Å². The summed E-state index contributed by atoms with van der Waals surface area (Å²) in [5.41, 5.74) is 0.159. The number of carbonyl (C=O) groups is 2. The molecule has 1 aromatic carbocycles. The molecular weight excluding hydrogens is 211 g/mol. The van der Waals surface area contributed by atoms with Gasteiger partial charge in [0.1, 0.15) is 0 Å². The van der Waals surface area contributed by atoms with Crippen molar-refractivity contribution in [3.8, 4) is 0 Å². The molecule has 0 aliphatic rings. The van der Waals surface area contributed by atoms with Crippen molar-refractivity contribution in [2.45, 2.75) is 0 Å². The average Bonchev–Trinajstić information content (AvgIpc) is 2.17. The van der Waals surface area contributed by atoms with Crippen LogP contribution in [-0.4, -0.2) is 19.0 Å². The zero-order valence-electron chi connectivity index (χ0n) is 7.94. The van der Waals surface area contributed by atoms with Crippen LogP contribution in [-0.2, 0) is 4.74 Å². The van der Waals surface area contributed by atoms with Gasteiger partial charge in [-0.1, -0.05) is 12.1 Å². The van der Waals surface area contributed by atoms with Crippen LogP contribution < -0.4 is 56.5 Å². The number of benzene rings is 1. The number of ether oxygens (including phenoxy) is 1. The minimum atomic E-state index is -1.31. The van der Waals surface area contributed by atoms with Crippen LogP contribution in [0.15, 0.2) is 24.3 Å². The Hall–Kier alpha value is -0.204. The van der Waals surface area contributed by atoms with Crippen molar-refractivity contribution in [1.29, 1.82) is 0 Å². The monoisotopic (exact) mass is 218 g/mol. The molecule has 1 aromatic rings. The maximum Gasteiger partial charge on any atom is 1.00 e. The van der Waals surface area contributed by atoms with Crippen molar-refractivity contribution in [1.82, 2.24) is 0 Å². The summed E-state index contributed by atoms with van der Waals surface area (Å²) in [6.07, 6.45) is 0. The SMILES string of the molecule is COC(=O)c1cccc(C(=O)[O-])c1.[K+]. The Morgan fingerprint density at radius 2 is 1.86 bits per heavy atom. The molecule has 0 fully saturated rings. The van der Waals surface area contributed by atoms with E-state index in [0.29, 0.717) is 0 Å². The first-order valence-corrected chi connectivity index (χ1v) is 3.55. The zero-order valence-corrected chi connectivity index (χ0v) is 11.1. The molecule has 68 valence electrons. The molecule has 0 radical (unpaired) electrons. The third kappa shape index (κ3) is 3.51. The van der Waals surface area contributed by atoms with Gasteiger partial charge in [0.05, 0.1) is 18.6 Å². The van der Waals surface area contributed by atoms with Gasteiger partial charge in [0.15, 0.2) is 0 Å². The Labute approximate surface area is 124 Å². The largest absolute Gasteiger partial charge is 1.00 e. The molecule has 5 heteroatoms. The van der Waals surface area contributed by atoms with Crippen LogP contribution in [0.1, 0.15) is 20.7 Å². The van der Waals surface area contributed by atoms with E-state index < -0.39 is 11.9 Å². The summed E-state index contributed by atoms with van der Waals surface area (Å²) < 4.78 is 4.42. The molecule has 0 aromatic heterocycles. The zero-order chi connectivity index (χ0) is 9.84. The van der Waals surface area contributed by atoms with Crippen LogP contribution in [0.4, 0.5) is 0 Å². The van der Waals surface area contributed by atoms with E-state index in [9.17, 15) is 14.7 Å². The molecule has 0 heterocycles. The number of hydrogen-bond donors (Lipinski definition) is 0. The fourth-order valence-corrected chi connectivity index (χ4v) is 0.891. The van der Waals surface area contributed by atoms with Gasteiger partial charge in [-0.2, -0.15) is 0 Å². The van der Waals surface area contributed by atoms with Gasteiger partial charge in [0, 0.05) is 0 Å². The molecule has 1 rings (SSSR count). The van der Waals surface area contributed by atoms with E-state index in [1.54, 1.807) is 0 Å². The smallest absolute Gasteiger partial charge is 0.545 e. The van der Waals surface area contributed by atoms with Gasteiger partial charge < -0.3 is 14.6 Å². The third-order valence-corrected chi connectivity index (χ3v) is 1.52. The molecule has 4 nitrogen and oxygen atoms in total. The molecule has 0 amide bonds. The molecule has 0 saturated heterocycles. The van der Waals surface area contributed by atoms with Gasteiger partial charge in [-0.05, 0) is 17.7 Å². The van der Waals surface area contributed by atoms with Crippen molar-refractivity contribution >= 4 is 11.9 Å². The number of methoxy groups -OCH3 is 1. The molecule has 0 aliphatic heterocycles. The molecule has 0 saturated carbocycles. The van der Waals surface area contributed by atoms with Crippen LogP contribution in [0.2, 0.25) is 0 Å². The Balaban J connectivity index is 0.00000169. The summed E-state index contributed by atoms with van der Waals surface area (Å²) in [6, 6.07) is 5.48. The summed E-state index contributed by atoms with van der Waals surface area (Å²) in [4.78, 5) is 21.4. The second kappa shape index (κ2) is 6.31. The van der Waals surface area contributed by atoms with Crippen LogP contribution in [0.25, 0.3) is 0 Å². The van der Waals surface area contributed by atoms with Crippen LogP contribution in [0.5, 0.6) is 0 Å². The Bertz CT molecular complexity index is 348. The second-order valence-electron chi connectivity index (χ2n) is 2.36. The molecule has 0 bridgehead atoms. The van der Waals surface area contributed by atoms with Crippen molar-refractivity contribution in [2.75, 3.05) is 7.11 Å². The first kappa shape index (κ1) is 13.8. The van der Waals surface area contributed by atoms with Crippen molar-refractivity contribution < 1.29 is 70.8 Å². The Kier molecular flexibility index (Phi) is 6.22. The molecule has 0 aliphatic carbocycles. The summed E-state index contributed by atoms with van der Waals surface area (Å²) in [5, 5.41) is 10.4. The number of carboxylic acids is 1. The number of rotatable bonds is 2. The van der Waals surface area contributed by atoms with Crippen molar-refractivity contribution in [3.05, 3.63) is 35.4 Å². The standard InChI is InChI=1S/C9H8O4.K/c1-13-9(12)7-4-2-3-6(5-7)8(10)11;/h2-5H,1H3,(H,10,11);/q;+1/p-1. The summed E-state index contributed by atoms with van der Waals surface area (Å²) in [7, 11) is 1.23. The van der Waals surface area contributed by atoms with Crippen LogP contribution in [0, 0.1) is 0 Å².